The number of hydrogen-bond acceptors (Lipinski definition) is 4. The van der Waals surface area contributed by atoms with Crippen molar-refractivity contribution in [3.63, 3.8) is 0 Å². The number of aromatic amines is 1. The molecule has 0 aliphatic rings. The van der Waals surface area contributed by atoms with E-state index in [0.29, 0.717) is 6.07 Å². The maximum absolute atomic E-state index is 13.8. The summed E-state index contributed by atoms with van der Waals surface area (Å²) in [7, 11) is -3.05. The van der Waals surface area contributed by atoms with Gasteiger partial charge in [-0.15, -0.1) is 0 Å². The Bertz CT molecular complexity index is 1230. The first-order chi connectivity index (χ1) is 11.7. The minimum atomic E-state index is -3.05. The molecule has 2 aromatic carbocycles. The second kappa shape index (κ2) is 5.79. The Morgan fingerprint density at radius 2 is 1.92 bits per heavy atom. The van der Waals surface area contributed by atoms with Crippen LogP contribution in [0.3, 0.4) is 0 Å². The monoisotopic (exact) mass is 359 g/mol. The average molecular weight is 359 g/mol. The molecular weight excluding hydrogens is 348 g/mol. The first-order valence-corrected chi connectivity index (χ1v) is 8.98. The predicted octanol–water partition coefficient (Wildman–Crippen LogP) is 3.38. The molecule has 0 saturated carbocycles. The van der Waals surface area contributed by atoms with Gasteiger partial charge in [0.05, 0.1) is 38.0 Å². The van der Waals surface area contributed by atoms with Gasteiger partial charge in [-0.3, -0.25) is 4.79 Å². The van der Waals surface area contributed by atoms with Crippen molar-refractivity contribution < 1.29 is 13.0 Å². The molecule has 0 fully saturated rings. The lowest BCUT2D eigenvalue weighted by Crippen LogP contribution is -2.06. The largest absolute Gasteiger partial charge is 0.354 e. The quantitative estimate of drug-likeness (QED) is 0.734. The van der Waals surface area contributed by atoms with Gasteiger partial charge in [-0.1, -0.05) is 0 Å². The van der Waals surface area contributed by atoms with Gasteiger partial charge in [-0.05, 0) is 24.3 Å². The van der Waals surface area contributed by atoms with Crippen molar-refractivity contribution in [1.29, 1.82) is 10.0 Å². The van der Waals surface area contributed by atoms with E-state index in [0.717, 1.165) is 12.1 Å². The lowest BCUT2D eigenvalue weighted by Gasteiger charge is -2.10. The van der Waals surface area contributed by atoms with Crippen LogP contribution in [0, 0.1) is 27.7 Å². The number of pyridine rings is 1. The summed E-state index contributed by atoms with van der Waals surface area (Å²) in [4.78, 5) is 15.1. The second-order valence-corrected chi connectivity index (χ2v) is 7.68. The molecule has 126 valence electrons. The number of nitrogens with one attached hydrogen (secondary N) is 2. The lowest BCUT2D eigenvalue weighted by molar-refractivity contribution is 0.591. The van der Waals surface area contributed by atoms with Gasteiger partial charge in [-0.25, -0.2) is 17.8 Å². The fourth-order valence-electron chi connectivity index (χ4n) is 2.54. The molecular formula is C17H11F2N3O2S. The van der Waals surface area contributed by atoms with Crippen molar-refractivity contribution in [1.82, 2.24) is 4.98 Å². The smallest absolute Gasteiger partial charge is 0.192 e. The maximum Gasteiger partial charge on any atom is 0.192 e. The summed E-state index contributed by atoms with van der Waals surface area (Å²) in [5.74, 6) is -1.84. The topological polar surface area (TPSA) is 97.6 Å². The van der Waals surface area contributed by atoms with E-state index in [9.17, 15) is 23.0 Å². The first-order valence-electron chi connectivity index (χ1n) is 7.01. The number of halogens is 2. The standard InChI is InChI=1S/C17H11F2N3O2S/c1-25(21,24)11-3-2-9(8-20)12(6-11)14-7-16(23)17-13(19)4-10(18)5-15(17)22-14/h2-7,21H,1H3,(H,22,23). The van der Waals surface area contributed by atoms with Crippen LogP contribution in [0.25, 0.3) is 22.2 Å². The third-order valence-corrected chi connectivity index (χ3v) is 4.85. The number of benzene rings is 2. The molecule has 5 nitrogen and oxygen atoms in total. The molecule has 0 aliphatic carbocycles. The van der Waals surface area contributed by atoms with Crippen molar-refractivity contribution in [3.8, 4) is 17.3 Å². The van der Waals surface area contributed by atoms with E-state index < -0.39 is 26.8 Å². The number of nitriles is 1. The third kappa shape index (κ3) is 3.02. The summed E-state index contributed by atoms with van der Waals surface area (Å²) < 4.78 is 46.9. The minimum absolute atomic E-state index is 0.0580. The third-order valence-electron chi connectivity index (χ3n) is 3.70. The molecule has 3 aromatic rings. The molecule has 0 amide bonds. The fraction of sp³-hybridized carbons (Fsp3) is 0.0588. The van der Waals surface area contributed by atoms with Crippen molar-refractivity contribution in [2.75, 3.05) is 6.26 Å². The molecule has 1 unspecified atom stereocenters. The van der Waals surface area contributed by atoms with Crippen LogP contribution in [0.15, 0.2) is 46.1 Å². The van der Waals surface area contributed by atoms with Crippen LogP contribution < -0.4 is 5.43 Å². The number of aromatic nitrogens is 1. The van der Waals surface area contributed by atoms with E-state index in [1.807, 2.05) is 6.07 Å². The fourth-order valence-corrected chi connectivity index (χ4v) is 3.21. The zero-order valence-corrected chi connectivity index (χ0v) is 13.7. The van der Waals surface area contributed by atoms with Crippen molar-refractivity contribution >= 4 is 20.6 Å². The van der Waals surface area contributed by atoms with Gasteiger partial charge in [0.2, 0.25) is 0 Å². The minimum Gasteiger partial charge on any atom is -0.354 e. The van der Waals surface area contributed by atoms with Gasteiger partial charge in [0.1, 0.15) is 11.6 Å². The summed E-state index contributed by atoms with van der Waals surface area (Å²) in [5.41, 5.74) is -0.203. The summed E-state index contributed by atoms with van der Waals surface area (Å²) in [5, 5.41) is 8.97. The maximum atomic E-state index is 13.8. The highest BCUT2D eigenvalue weighted by atomic mass is 32.2. The average Bonchev–Trinajstić information content (AvgIpc) is 2.52. The molecule has 0 aliphatic heterocycles. The van der Waals surface area contributed by atoms with Crippen LogP contribution >= 0.6 is 0 Å². The van der Waals surface area contributed by atoms with Gasteiger partial charge in [0.15, 0.2) is 5.43 Å². The predicted molar refractivity (Wildman–Crippen MR) is 89.7 cm³/mol. The molecule has 0 radical (unpaired) electrons. The van der Waals surface area contributed by atoms with E-state index in [1.54, 1.807) is 0 Å². The molecule has 1 aromatic heterocycles. The van der Waals surface area contributed by atoms with Gasteiger partial charge in [-0.2, -0.15) is 5.26 Å². The highest BCUT2D eigenvalue weighted by Crippen LogP contribution is 2.26. The molecule has 1 atom stereocenters. The van der Waals surface area contributed by atoms with E-state index in [2.05, 4.69) is 4.98 Å². The van der Waals surface area contributed by atoms with Gasteiger partial charge < -0.3 is 4.98 Å². The highest BCUT2D eigenvalue weighted by Gasteiger charge is 2.15. The highest BCUT2D eigenvalue weighted by molar-refractivity contribution is 7.91. The SMILES string of the molecule is CS(=N)(=O)c1ccc(C#N)c(-c2cc(=O)c3c(F)cc(F)cc3[nH]2)c1. The zero-order valence-electron chi connectivity index (χ0n) is 12.9. The Hall–Kier alpha value is -3.05. The summed E-state index contributed by atoms with van der Waals surface area (Å²) in [6.07, 6.45) is 1.23. The number of fused-ring (bicyclic) bond motifs is 1. The molecule has 0 spiro atoms. The van der Waals surface area contributed by atoms with Crippen LogP contribution in [-0.4, -0.2) is 15.4 Å². The van der Waals surface area contributed by atoms with Crippen molar-refractivity contribution in [2.24, 2.45) is 0 Å². The second-order valence-electron chi connectivity index (χ2n) is 5.52. The molecule has 2 N–H and O–H groups in total. The summed E-state index contributed by atoms with van der Waals surface area (Å²) >= 11 is 0. The number of nitrogens with zero attached hydrogens (tertiary/aromatic N) is 1. The Balaban J connectivity index is 2.37. The summed E-state index contributed by atoms with van der Waals surface area (Å²) in [6.45, 7) is 0. The number of H-pyrrole nitrogens is 1. The van der Waals surface area contributed by atoms with Crippen LogP contribution in [0.4, 0.5) is 8.78 Å². The van der Waals surface area contributed by atoms with E-state index in [1.165, 1.54) is 24.5 Å². The molecule has 3 rings (SSSR count). The Morgan fingerprint density at radius 3 is 2.56 bits per heavy atom. The van der Waals surface area contributed by atoms with E-state index >= 15 is 0 Å². The van der Waals surface area contributed by atoms with E-state index in [4.69, 9.17) is 4.78 Å². The van der Waals surface area contributed by atoms with Crippen LogP contribution in [0.2, 0.25) is 0 Å². The molecule has 0 bridgehead atoms. The van der Waals surface area contributed by atoms with Crippen LogP contribution in [0.1, 0.15) is 5.56 Å². The normalized spacial score (nSPS) is 13.4. The van der Waals surface area contributed by atoms with Gasteiger partial charge in [0.25, 0.3) is 0 Å². The van der Waals surface area contributed by atoms with Gasteiger partial charge in [0, 0.05) is 28.8 Å². The summed E-state index contributed by atoms with van der Waals surface area (Å²) in [6, 6.07) is 8.77. The zero-order chi connectivity index (χ0) is 18.4. The molecule has 8 heteroatoms. The van der Waals surface area contributed by atoms with Crippen LogP contribution in [0.5, 0.6) is 0 Å². The van der Waals surface area contributed by atoms with Crippen LogP contribution in [-0.2, 0) is 9.73 Å². The number of rotatable bonds is 2. The Morgan fingerprint density at radius 1 is 1.20 bits per heavy atom. The first kappa shape index (κ1) is 16.8. The Labute approximate surface area is 141 Å². The van der Waals surface area contributed by atoms with E-state index in [-0.39, 0.29) is 32.6 Å². The lowest BCUT2D eigenvalue weighted by atomic mass is 10.0. The Kier molecular flexibility index (Phi) is 3.89. The van der Waals surface area contributed by atoms with Gasteiger partial charge >= 0.3 is 0 Å². The molecule has 0 saturated heterocycles. The van der Waals surface area contributed by atoms with Crippen molar-refractivity contribution in [2.45, 2.75) is 4.90 Å². The molecule has 1 heterocycles. The van der Waals surface area contributed by atoms with Crippen molar-refractivity contribution in [3.05, 3.63) is 63.8 Å². The number of hydrogen-bond donors (Lipinski definition) is 2. The molecule has 25 heavy (non-hydrogen) atoms.